The zero-order valence-corrected chi connectivity index (χ0v) is 15.9. The largest absolute Gasteiger partial charge is 0.465 e. The molecular formula is C21H32N2O3. The van der Waals surface area contributed by atoms with Crippen LogP contribution in [0.25, 0.3) is 11.1 Å². The lowest BCUT2D eigenvalue weighted by Gasteiger charge is -2.02. The first-order chi connectivity index (χ1) is 12.7. The van der Waals surface area contributed by atoms with Gasteiger partial charge in [-0.25, -0.2) is 9.78 Å². The van der Waals surface area contributed by atoms with Gasteiger partial charge in [0.1, 0.15) is 5.52 Å². The third kappa shape index (κ3) is 7.46. The lowest BCUT2D eigenvalue weighted by Crippen LogP contribution is -2.22. The van der Waals surface area contributed by atoms with Crippen LogP contribution in [0.15, 0.2) is 22.6 Å². The van der Waals surface area contributed by atoms with E-state index in [1.807, 2.05) is 6.07 Å². The Labute approximate surface area is 156 Å². The van der Waals surface area contributed by atoms with Crippen LogP contribution in [-0.4, -0.2) is 22.7 Å². The van der Waals surface area contributed by atoms with Gasteiger partial charge in [0.2, 0.25) is 0 Å². The maximum atomic E-state index is 10.4. The van der Waals surface area contributed by atoms with Gasteiger partial charge in [-0.3, -0.25) is 0 Å². The van der Waals surface area contributed by atoms with E-state index >= 15 is 0 Å². The summed E-state index contributed by atoms with van der Waals surface area (Å²) in [5, 5.41) is 10.9. The molecule has 26 heavy (non-hydrogen) atoms. The van der Waals surface area contributed by atoms with E-state index in [2.05, 4.69) is 29.4 Å². The fourth-order valence-electron chi connectivity index (χ4n) is 3.18. The number of carbonyl (C=O) groups is 1. The van der Waals surface area contributed by atoms with Gasteiger partial charge in [0.15, 0.2) is 11.5 Å². The smallest absolute Gasteiger partial charge is 0.404 e. The van der Waals surface area contributed by atoms with Gasteiger partial charge in [-0.05, 0) is 37.0 Å². The Balaban J connectivity index is 1.70. The van der Waals surface area contributed by atoms with Crippen molar-refractivity contribution in [3.63, 3.8) is 0 Å². The number of hydrogen-bond donors (Lipinski definition) is 2. The minimum Gasteiger partial charge on any atom is -0.465 e. The summed E-state index contributed by atoms with van der Waals surface area (Å²) in [6.07, 6.45) is 12.1. The Morgan fingerprint density at radius 2 is 1.77 bits per heavy atom. The van der Waals surface area contributed by atoms with Gasteiger partial charge < -0.3 is 14.8 Å². The molecule has 0 aliphatic rings. The summed E-state index contributed by atoms with van der Waals surface area (Å²) in [5.74, 6) is 0.677. The molecule has 2 N–H and O–H groups in total. The Hall–Kier alpha value is -2.04. The molecule has 144 valence electrons. The van der Waals surface area contributed by atoms with Gasteiger partial charge in [-0.15, -0.1) is 0 Å². The molecule has 0 fully saturated rings. The number of oxazole rings is 1. The Morgan fingerprint density at radius 3 is 2.50 bits per heavy atom. The highest BCUT2D eigenvalue weighted by Crippen LogP contribution is 2.19. The number of nitrogens with zero attached hydrogens (tertiary/aromatic N) is 1. The number of fused-ring (bicyclic) bond motifs is 1. The normalized spacial score (nSPS) is 11.1. The van der Waals surface area contributed by atoms with Crippen LogP contribution in [0.3, 0.4) is 0 Å². The molecule has 2 rings (SSSR count). The minimum absolute atomic E-state index is 0.414. The van der Waals surface area contributed by atoms with Crippen LogP contribution < -0.4 is 5.32 Å². The fraction of sp³-hybridized carbons (Fsp3) is 0.619. The minimum atomic E-state index is -0.992. The lowest BCUT2D eigenvalue weighted by atomic mass is 10.0. The molecule has 1 heterocycles. The number of rotatable bonds is 13. The van der Waals surface area contributed by atoms with Crippen molar-refractivity contribution in [3.8, 4) is 0 Å². The van der Waals surface area contributed by atoms with Crippen LogP contribution in [0.5, 0.6) is 0 Å². The zero-order valence-electron chi connectivity index (χ0n) is 15.9. The quantitative estimate of drug-likeness (QED) is 0.449. The molecule has 1 aromatic carbocycles. The molecule has 0 spiro atoms. The van der Waals surface area contributed by atoms with Gasteiger partial charge in [0, 0.05) is 13.0 Å². The molecule has 5 heteroatoms. The summed E-state index contributed by atoms with van der Waals surface area (Å²) in [7, 11) is 0. The second-order valence-corrected chi connectivity index (χ2v) is 6.97. The summed E-state index contributed by atoms with van der Waals surface area (Å²) >= 11 is 0. The Bertz CT molecular complexity index is 666. The highest BCUT2D eigenvalue weighted by atomic mass is 16.4. The molecule has 0 saturated heterocycles. The number of nitrogens with one attached hydrogen (secondary N) is 1. The molecule has 1 amide bonds. The maximum absolute atomic E-state index is 10.4. The third-order valence-corrected chi connectivity index (χ3v) is 4.66. The number of amides is 1. The number of benzene rings is 1. The van der Waals surface area contributed by atoms with E-state index in [1.165, 1.54) is 56.9 Å². The van der Waals surface area contributed by atoms with Crippen molar-refractivity contribution in [2.45, 2.75) is 77.6 Å². The summed E-state index contributed by atoms with van der Waals surface area (Å²) < 4.78 is 5.73. The van der Waals surface area contributed by atoms with Gasteiger partial charge in [0.25, 0.3) is 0 Å². The average Bonchev–Trinajstić information content (AvgIpc) is 3.03. The average molecular weight is 360 g/mol. The summed E-state index contributed by atoms with van der Waals surface area (Å²) in [5.41, 5.74) is 3.03. The standard InChI is InChI=1S/C21H32N2O3/c1-2-3-4-5-6-7-8-9-11-17-13-14-19-18(16-17)23-20(26-19)12-10-15-22-21(24)25/h13-14,16,22H,2-12,15H2,1H3,(H,24,25). The van der Waals surface area contributed by atoms with Crippen LogP contribution in [0, 0.1) is 0 Å². The second kappa shape index (κ2) is 11.6. The van der Waals surface area contributed by atoms with E-state index in [1.54, 1.807) is 0 Å². The highest BCUT2D eigenvalue weighted by Gasteiger charge is 2.07. The number of carboxylic acid groups (broad SMARTS) is 1. The molecule has 0 saturated carbocycles. The van der Waals surface area contributed by atoms with Crippen LogP contribution in [0.2, 0.25) is 0 Å². The van der Waals surface area contributed by atoms with Crippen molar-refractivity contribution >= 4 is 17.2 Å². The third-order valence-electron chi connectivity index (χ3n) is 4.66. The first kappa shape index (κ1) is 20.3. The van der Waals surface area contributed by atoms with E-state index in [0.29, 0.717) is 25.3 Å². The van der Waals surface area contributed by atoms with Crippen molar-refractivity contribution in [1.29, 1.82) is 0 Å². The lowest BCUT2D eigenvalue weighted by molar-refractivity contribution is 0.194. The van der Waals surface area contributed by atoms with Crippen molar-refractivity contribution in [2.24, 2.45) is 0 Å². The number of aryl methyl sites for hydroxylation is 2. The van der Waals surface area contributed by atoms with Crippen molar-refractivity contribution in [3.05, 3.63) is 29.7 Å². The molecule has 0 aliphatic heterocycles. The predicted molar refractivity (Wildman–Crippen MR) is 105 cm³/mol. The monoisotopic (exact) mass is 360 g/mol. The van der Waals surface area contributed by atoms with Crippen molar-refractivity contribution in [2.75, 3.05) is 6.54 Å². The topological polar surface area (TPSA) is 75.4 Å². The first-order valence-corrected chi connectivity index (χ1v) is 10.0. The molecule has 5 nitrogen and oxygen atoms in total. The van der Waals surface area contributed by atoms with E-state index in [0.717, 1.165) is 17.5 Å². The van der Waals surface area contributed by atoms with Crippen LogP contribution in [0.1, 0.15) is 76.2 Å². The molecule has 0 atom stereocenters. The molecule has 0 aliphatic carbocycles. The van der Waals surface area contributed by atoms with Crippen LogP contribution in [-0.2, 0) is 12.8 Å². The van der Waals surface area contributed by atoms with E-state index in [4.69, 9.17) is 9.52 Å². The Kier molecular flexibility index (Phi) is 9.01. The number of aromatic nitrogens is 1. The van der Waals surface area contributed by atoms with Crippen molar-refractivity contribution in [1.82, 2.24) is 10.3 Å². The highest BCUT2D eigenvalue weighted by molar-refractivity contribution is 5.73. The van der Waals surface area contributed by atoms with E-state index in [9.17, 15) is 4.79 Å². The number of hydrogen-bond acceptors (Lipinski definition) is 3. The van der Waals surface area contributed by atoms with Gasteiger partial charge in [-0.2, -0.15) is 0 Å². The van der Waals surface area contributed by atoms with Crippen LogP contribution in [0.4, 0.5) is 4.79 Å². The molecule has 0 unspecified atom stereocenters. The first-order valence-electron chi connectivity index (χ1n) is 10.0. The predicted octanol–water partition coefficient (Wildman–Crippen LogP) is 5.71. The summed E-state index contributed by atoms with van der Waals surface area (Å²) in [4.78, 5) is 15.0. The number of unbranched alkanes of at least 4 members (excludes halogenated alkanes) is 7. The summed E-state index contributed by atoms with van der Waals surface area (Å²) in [6.45, 7) is 2.67. The molecule has 1 aromatic heterocycles. The fourth-order valence-corrected chi connectivity index (χ4v) is 3.18. The Morgan fingerprint density at radius 1 is 1.04 bits per heavy atom. The van der Waals surface area contributed by atoms with Gasteiger partial charge in [0.05, 0.1) is 0 Å². The van der Waals surface area contributed by atoms with Gasteiger partial charge >= 0.3 is 6.09 Å². The van der Waals surface area contributed by atoms with Crippen LogP contribution >= 0.6 is 0 Å². The van der Waals surface area contributed by atoms with Crippen molar-refractivity contribution < 1.29 is 14.3 Å². The van der Waals surface area contributed by atoms with E-state index in [-0.39, 0.29) is 0 Å². The molecule has 0 radical (unpaired) electrons. The summed E-state index contributed by atoms with van der Waals surface area (Å²) in [6, 6.07) is 6.25. The second-order valence-electron chi connectivity index (χ2n) is 6.97. The van der Waals surface area contributed by atoms with Gasteiger partial charge in [-0.1, -0.05) is 57.9 Å². The molecular weight excluding hydrogens is 328 g/mol. The zero-order chi connectivity index (χ0) is 18.6. The van der Waals surface area contributed by atoms with E-state index < -0.39 is 6.09 Å². The molecule has 2 aromatic rings. The maximum Gasteiger partial charge on any atom is 0.404 e. The SMILES string of the molecule is CCCCCCCCCCc1ccc2oc(CCCNC(=O)O)nc2c1. The molecule has 0 bridgehead atoms.